The summed E-state index contributed by atoms with van der Waals surface area (Å²) in [6.45, 7) is 3.84. The second-order valence-electron chi connectivity index (χ2n) is 4.61. The molecule has 0 spiro atoms. The van der Waals surface area contributed by atoms with Gasteiger partial charge in [0.1, 0.15) is 5.88 Å². The third-order valence-corrected chi connectivity index (χ3v) is 2.53. The van der Waals surface area contributed by atoms with E-state index in [4.69, 9.17) is 23.1 Å². The lowest BCUT2D eigenvalue weighted by atomic mass is 10.0. The van der Waals surface area contributed by atoms with Gasteiger partial charge < -0.3 is 11.5 Å². The van der Waals surface area contributed by atoms with E-state index >= 15 is 0 Å². The molecule has 0 aromatic rings. The lowest BCUT2D eigenvalue weighted by Crippen LogP contribution is -2.53. The maximum absolute atomic E-state index is 11.8. The summed E-state index contributed by atoms with van der Waals surface area (Å²) in [6, 6.07) is -0.723. The molecule has 0 aromatic carbocycles. The normalized spacial score (nSPS) is 11.4. The number of nitrogens with one attached hydrogen (secondary N) is 1. The van der Waals surface area contributed by atoms with Gasteiger partial charge in [0.15, 0.2) is 0 Å². The van der Waals surface area contributed by atoms with E-state index in [1.54, 1.807) is 0 Å². The van der Waals surface area contributed by atoms with Crippen molar-refractivity contribution < 1.29 is 14.4 Å². The summed E-state index contributed by atoms with van der Waals surface area (Å²) in [4.78, 5) is 33.9. The van der Waals surface area contributed by atoms with Crippen LogP contribution >= 0.6 is 24.0 Å². The lowest BCUT2D eigenvalue weighted by Gasteiger charge is -2.24. The number of alkyl halides is 1. The molecule has 1 atom stereocenters. The Morgan fingerprint density at radius 3 is 2.25 bits per heavy atom. The molecule has 5 N–H and O–H groups in total. The average molecular weight is 329 g/mol. The highest BCUT2D eigenvalue weighted by Crippen LogP contribution is 2.03. The number of primary amides is 1. The van der Waals surface area contributed by atoms with Gasteiger partial charge in [-0.3, -0.25) is 24.8 Å². The summed E-state index contributed by atoms with van der Waals surface area (Å²) in [7, 11) is 0. The van der Waals surface area contributed by atoms with Crippen LogP contribution in [0.1, 0.15) is 26.7 Å². The van der Waals surface area contributed by atoms with Crippen molar-refractivity contribution >= 4 is 41.7 Å². The molecule has 0 aliphatic rings. The first-order valence-corrected chi connectivity index (χ1v) is 6.52. The molecule has 0 fully saturated rings. The minimum atomic E-state index is -0.723. The number of carbonyl (C=O) groups is 3. The van der Waals surface area contributed by atoms with Crippen LogP contribution in [0.3, 0.4) is 0 Å². The van der Waals surface area contributed by atoms with Crippen LogP contribution in [0.4, 0.5) is 0 Å². The first-order chi connectivity index (χ1) is 8.77. The van der Waals surface area contributed by atoms with E-state index in [0.29, 0.717) is 6.42 Å². The van der Waals surface area contributed by atoms with Gasteiger partial charge in [0.25, 0.3) is 11.8 Å². The molecule has 0 unspecified atom stereocenters. The zero-order valence-corrected chi connectivity index (χ0v) is 13.2. The molecule has 20 heavy (non-hydrogen) atoms. The molecule has 0 aliphatic carbocycles. The van der Waals surface area contributed by atoms with E-state index < -0.39 is 23.8 Å². The minimum absolute atomic E-state index is 0. The van der Waals surface area contributed by atoms with Crippen LogP contribution in [0, 0.1) is 5.92 Å². The summed E-state index contributed by atoms with van der Waals surface area (Å²) < 4.78 is 0. The highest BCUT2D eigenvalue weighted by molar-refractivity contribution is 6.27. The average Bonchev–Trinajstić information content (AvgIpc) is 2.31. The number of rotatable bonds is 7. The molecular formula is C11H22Cl2N4O3. The Morgan fingerprint density at radius 1 is 1.30 bits per heavy atom. The quantitative estimate of drug-likeness (QED) is 0.441. The molecule has 0 heterocycles. The molecular weight excluding hydrogens is 307 g/mol. The predicted octanol–water partition coefficient (Wildman–Crippen LogP) is -0.244. The van der Waals surface area contributed by atoms with Gasteiger partial charge in [0.2, 0.25) is 5.91 Å². The van der Waals surface area contributed by atoms with Crippen molar-refractivity contribution in [1.29, 1.82) is 0 Å². The summed E-state index contributed by atoms with van der Waals surface area (Å²) >= 11 is 5.42. The van der Waals surface area contributed by atoms with Crippen LogP contribution in [-0.4, -0.2) is 41.2 Å². The second kappa shape index (κ2) is 10.7. The summed E-state index contributed by atoms with van der Waals surface area (Å²) in [5.74, 6) is -1.64. The molecule has 0 radical (unpaired) electrons. The minimum Gasteiger partial charge on any atom is -0.370 e. The molecule has 0 rings (SSSR count). The van der Waals surface area contributed by atoms with E-state index in [9.17, 15) is 14.4 Å². The maximum Gasteiger partial charge on any atom is 0.255 e. The van der Waals surface area contributed by atoms with Crippen LogP contribution in [0.15, 0.2) is 0 Å². The van der Waals surface area contributed by atoms with Crippen molar-refractivity contribution in [3.8, 4) is 0 Å². The van der Waals surface area contributed by atoms with Crippen LogP contribution < -0.4 is 16.9 Å². The zero-order valence-electron chi connectivity index (χ0n) is 11.6. The molecule has 0 aromatic heterocycles. The van der Waals surface area contributed by atoms with Gasteiger partial charge in [-0.15, -0.1) is 24.0 Å². The smallest absolute Gasteiger partial charge is 0.255 e. The molecule has 118 valence electrons. The number of hydrogen-bond donors (Lipinski definition) is 3. The van der Waals surface area contributed by atoms with Gasteiger partial charge in [-0.25, -0.2) is 0 Å². The Morgan fingerprint density at radius 2 is 1.85 bits per heavy atom. The third-order valence-electron chi connectivity index (χ3n) is 2.30. The Kier molecular flexibility index (Phi) is 11.4. The summed E-state index contributed by atoms with van der Waals surface area (Å²) in [5, 5.41) is 0.972. The maximum atomic E-state index is 11.8. The highest BCUT2D eigenvalue weighted by atomic mass is 35.5. The van der Waals surface area contributed by atoms with E-state index in [-0.39, 0.29) is 37.2 Å². The number of hydrazine groups is 1. The van der Waals surface area contributed by atoms with Gasteiger partial charge in [-0.2, -0.15) is 0 Å². The second-order valence-corrected chi connectivity index (χ2v) is 4.87. The van der Waals surface area contributed by atoms with Crippen LogP contribution in [0.5, 0.6) is 0 Å². The van der Waals surface area contributed by atoms with E-state index in [1.165, 1.54) is 0 Å². The number of nitrogens with zero attached hydrogens (tertiary/aromatic N) is 1. The van der Waals surface area contributed by atoms with Crippen LogP contribution in [-0.2, 0) is 14.4 Å². The lowest BCUT2D eigenvalue weighted by molar-refractivity contribution is -0.140. The van der Waals surface area contributed by atoms with Crippen molar-refractivity contribution in [2.75, 3.05) is 12.4 Å². The zero-order chi connectivity index (χ0) is 15.0. The summed E-state index contributed by atoms with van der Waals surface area (Å²) in [5.41, 5.74) is 13.0. The molecule has 0 saturated heterocycles. The summed E-state index contributed by atoms with van der Waals surface area (Å²) in [6.07, 6.45) is 0.423. The molecule has 0 aliphatic heterocycles. The molecule has 9 heteroatoms. The Hall–Kier alpha value is -1.05. The van der Waals surface area contributed by atoms with Crippen molar-refractivity contribution in [3.05, 3.63) is 0 Å². The highest BCUT2D eigenvalue weighted by Gasteiger charge is 2.20. The Labute approximate surface area is 129 Å². The van der Waals surface area contributed by atoms with E-state index in [1.807, 2.05) is 13.8 Å². The van der Waals surface area contributed by atoms with Crippen molar-refractivity contribution in [3.63, 3.8) is 0 Å². The van der Waals surface area contributed by atoms with Gasteiger partial charge in [-0.05, 0) is 12.3 Å². The van der Waals surface area contributed by atoms with Gasteiger partial charge in [-0.1, -0.05) is 13.8 Å². The molecule has 0 bridgehead atoms. The standard InChI is InChI=1S/C11H21ClN4O3.ClH/c1-7(2)5-8(13)11(19)15-16(10(18)6-12)4-3-9(14)17;/h7-8H,3-6,13H2,1-2H3,(H2,14,17)(H,15,19);1H/t8-;/m0./s1. The fourth-order valence-corrected chi connectivity index (χ4v) is 1.51. The Bertz CT molecular complexity index is 340. The van der Waals surface area contributed by atoms with Crippen molar-refractivity contribution in [1.82, 2.24) is 10.4 Å². The predicted molar refractivity (Wildman–Crippen MR) is 79.1 cm³/mol. The van der Waals surface area contributed by atoms with Crippen LogP contribution in [0.2, 0.25) is 0 Å². The number of nitrogens with two attached hydrogens (primary N) is 2. The van der Waals surface area contributed by atoms with E-state index in [0.717, 1.165) is 5.01 Å². The van der Waals surface area contributed by atoms with Gasteiger partial charge >= 0.3 is 0 Å². The molecule has 7 nitrogen and oxygen atoms in total. The topological polar surface area (TPSA) is 119 Å². The molecule has 3 amide bonds. The molecule has 0 saturated carbocycles. The fourth-order valence-electron chi connectivity index (χ4n) is 1.37. The fraction of sp³-hybridized carbons (Fsp3) is 0.727. The number of hydrogen-bond acceptors (Lipinski definition) is 4. The van der Waals surface area contributed by atoms with E-state index in [2.05, 4.69) is 5.43 Å². The Balaban J connectivity index is 0. The van der Waals surface area contributed by atoms with Gasteiger partial charge in [0, 0.05) is 6.42 Å². The first-order valence-electron chi connectivity index (χ1n) is 5.98. The van der Waals surface area contributed by atoms with Gasteiger partial charge in [0.05, 0.1) is 12.6 Å². The number of halogens is 2. The number of amides is 3. The van der Waals surface area contributed by atoms with Crippen LogP contribution in [0.25, 0.3) is 0 Å². The SMILES string of the molecule is CC(C)C[C@H](N)C(=O)NN(CCC(N)=O)C(=O)CCl.Cl. The monoisotopic (exact) mass is 328 g/mol. The largest absolute Gasteiger partial charge is 0.370 e. The van der Waals surface area contributed by atoms with Crippen molar-refractivity contribution in [2.45, 2.75) is 32.7 Å². The third kappa shape index (κ3) is 8.95. The number of carbonyl (C=O) groups excluding carboxylic acids is 3. The van der Waals surface area contributed by atoms with Crippen molar-refractivity contribution in [2.24, 2.45) is 17.4 Å². The first kappa shape index (κ1) is 21.3.